The zero-order chi connectivity index (χ0) is 16.7. The molecule has 0 unspecified atom stereocenters. The van der Waals surface area contributed by atoms with Gasteiger partial charge in [-0.1, -0.05) is 23.8 Å². The average Bonchev–Trinajstić information content (AvgIpc) is 3.09. The normalized spacial score (nSPS) is 27.9. The molecule has 0 aromatic heterocycles. The topological polar surface area (TPSA) is 110 Å². The molecule has 3 rings (SSSR count). The number of carbonyl (C=O) groups is 2. The van der Waals surface area contributed by atoms with Crippen molar-refractivity contribution in [1.82, 2.24) is 0 Å². The summed E-state index contributed by atoms with van der Waals surface area (Å²) in [7, 11) is 0. The summed E-state index contributed by atoms with van der Waals surface area (Å²) in [5.41, 5.74) is -0.0888. The highest BCUT2D eigenvalue weighted by molar-refractivity contribution is 6.32. The van der Waals surface area contributed by atoms with E-state index in [0.29, 0.717) is 6.42 Å². The average molecular weight is 337 g/mol. The molecule has 8 heteroatoms. The van der Waals surface area contributed by atoms with Gasteiger partial charge in [0.2, 0.25) is 5.91 Å². The third-order valence-electron chi connectivity index (χ3n) is 4.46. The number of allylic oxidation sites excluding steroid dienone is 2. The number of nitro groups is 1. The van der Waals surface area contributed by atoms with E-state index in [1.54, 1.807) is 0 Å². The van der Waals surface area contributed by atoms with E-state index in [2.05, 4.69) is 5.32 Å². The van der Waals surface area contributed by atoms with Gasteiger partial charge in [-0.15, -0.1) is 0 Å². The van der Waals surface area contributed by atoms with Crippen LogP contribution in [-0.2, 0) is 9.59 Å². The predicted octanol–water partition coefficient (Wildman–Crippen LogP) is 2.71. The van der Waals surface area contributed by atoms with Gasteiger partial charge in [0, 0.05) is 11.8 Å². The van der Waals surface area contributed by atoms with Crippen LogP contribution < -0.4 is 5.32 Å². The summed E-state index contributed by atoms with van der Waals surface area (Å²) in [5, 5.41) is 22.8. The van der Waals surface area contributed by atoms with Gasteiger partial charge in [0.1, 0.15) is 5.02 Å². The van der Waals surface area contributed by atoms with Gasteiger partial charge in [-0.3, -0.25) is 19.7 Å². The summed E-state index contributed by atoms with van der Waals surface area (Å²) < 4.78 is 0. The van der Waals surface area contributed by atoms with Crippen molar-refractivity contribution < 1.29 is 19.6 Å². The first-order valence-electron chi connectivity index (χ1n) is 7.04. The Bertz CT molecular complexity index is 733. The van der Waals surface area contributed by atoms with Crippen LogP contribution in [0.15, 0.2) is 30.4 Å². The number of anilines is 1. The smallest absolute Gasteiger partial charge is 0.307 e. The molecule has 0 aliphatic heterocycles. The molecule has 1 aromatic rings. The lowest BCUT2D eigenvalue weighted by molar-refractivity contribution is -0.384. The number of fused-ring (bicyclic) bond motifs is 2. The van der Waals surface area contributed by atoms with Crippen molar-refractivity contribution >= 4 is 34.9 Å². The molecular formula is C15H13ClN2O5. The molecule has 7 nitrogen and oxygen atoms in total. The predicted molar refractivity (Wildman–Crippen MR) is 82.1 cm³/mol. The maximum Gasteiger partial charge on any atom is 0.307 e. The van der Waals surface area contributed by atoms with Gasteiger partial charge in [0.05, 0.1) is 16.8 Å². The van der Waals surface area contributed by atoms with Crippen molar-refractivity contribution in [3.63, 3.8) is 0 Å². The maximum absolute atomic E-state index is 12.5. The largest absolute Gasteiger partial charge is 0.481 e. The summed E-state index contributed by atoms with van der Waals surface area (Å²) >= 11 is 5.73. The maximum atomic E-state index is 12.5. The molecule has 0 saturated heterocycles. The zero-order valence-corrected chi connectivity index (χ0v) is 12.6. The van der Waals surface area contributed by atoms with Crippen LogP contribution in [0.25, 0.3) is 0 Å². The van der Waals surface area contributed by atoms with Crippen molar-refractivity contribution in [2.24, 2.45) is 23.7 Å². The fourth-order valence-corrected chi connectivity index (χ4v) is 3.66. The minimum atomic E-state index is -0.996. The Morgan fingerprint density at radius 2 is 1.91 bits per heavy atom. The van der Waals surface area contributed by atoms with Crippen LogP contribution in [0.4, 0.5) is 11.4 Å². The van der Waals surface area contributed by atoms with Gasteiger partial charge in [-0.25, -0.2) is 0 Å². The number of benzene rings is 1. The van der Waals surface area contributed by atoms with Crippen molar-refractivity contribution in [2.75, 3.05) is 5.32 Å². The molecule has 2 aliphatic carbocycles. The Balaban J connectivity index is 1.82. The number of nitrogens with one attached hydrogen (secondary N) is 1. The van der Waals surface area contributed by atoms with E-state index < -0.39 is 28.6 Å². The van der Waals surface area contributed by atoms with Crippen LogP contribution in [0.5, 0.6) is 0 Å². The number of amides is 1. The Morgan fingerprint density at radius 3 is 2.52 bits per heavy atom. The monoisotopic (exact) mass is 336 g/mol. The second-order valence-electron chi connectivity index (χ2n) is 5.75. The van der Waals surface area contributed by atoms with Gasteiger partial charge in [-0.2, -0.15) is 0 Å². The van der Waals surface area contributed by atoms with Crippen LogP contribution in [0, 0.1) is 33.8 Å². The van der Waals surface area contributed by atoms with E-state index in [1.165, 1.54) is 18.2 Å². The lowest BCUT2D eigenvalue weighted by Gasteiger charge is -2.23. The van der Waals surface area contributed by atoms with Gasteiger partial charge in [0.15, 0.2) is 0 Å². The Labute approximate surface area is 136 Å². The van der Waals surface area contributed by atoms with E-state index in [0.717, 1.165) is 0 Å². The lowest BCUT2D eigenvalue weighted by Crippen LogP contribution is -2.36. The molecule has 4 atom stereocenters. The number of carboxylic acid groups (broad SMARTS) is 1. The van der Waals surface area contributed by atoms with E-state index in [1.807, 2.05) is 12.2 Å². The highest BCUT2D eigenvalue weighted by Gasteiger charge is 2.51. The molecule has 0 spiro atoms. The molecule has 1 amide bonds. The third-order valence-corrected chi connectivity index (χ3v) is 4.78. The van der Waals surface area contributed by atoms with E-state index >= 15 is 0 Å². The highest BCUT2D eigenvalue weighted by atomic mass is 35.5. The molecule has 0 heterocycles. The number of hydrogen-bond donors (Lipinski definition) is 2. The quantitative estimate of drug-likeness (QED) is 0.499. The first kappa shape index (κ1) is 15.5. The molecule has 1 saturated carbocycles. The van der Waals surface area contributed by atoms with Crippen molar-refractivity contribution in [1.29, 1.82) is 0 Å². The van der Waals surface area contributed by atoms with Gasteiger partial charge in [0.25, 0.3) is 5.69 Å². The van der Waals surface area contributed by atoms with Crippen LogP contribution >= 0.6 is 11.6 Å². The standard InChI is InChI=1S/C15H13ClN2O5/c16-10-4-3-9(6-11(10)18(22)23)17-14(19)12-7-1-2-8(5-7)13(12)15(20)21/h1-4,6-8,12-13H,5H2,(H,17,19)(H,20,21)/t7-,8+,12-,13+/m0/s1. The number of nitro benzene ring substituents is 1. The van der Waals surface area contributed by atoms with Crippen LogP contribution in [0.1, 0.15) is 6.42 Å². The van der Waals surface area contributed by atoms with Crippen molar-refractivity contribution in [2.45, 2.75) is 6.42 Å². The zero-order valence-electron chi connectivity index (χ0n) is 11.8. The minimum Gasteiger partial charge on any atom is -0.481 e. The van der Waals surface area contributed by atoms with E-state index in [9.17, 15) is 24.8 Å². The summed E-state index contributed by atoms with van der Waals surface area (Å²) in [4.78, 5) is 34.1. The fourth-order valence-electron chi connectivity index (χ4n) is 3.47. The summed E-state index contributed by atoms with van der Waals surface area (Å²) in [6.45, 7) is 0. The number of carboxylic acids is 1. The Hall–Kier alpha value is -2.41. The number of nitrogens with zero attached hydrogens (tertiary/aromatic N) is 1. The second-order valence-corrected chi connectivity index (χ2v) is 6.16. The third kappa shape index (κ3) is 2.68. The van der Waals surface area contributed by atoms with Gasteiger partial charge >= 0.3 is 5.97 Å². The molecular weight excluding hydrogens is 324 g/mol. The summed E-state index contributed by atoms with van der Waals surface area (Å²) in [6, 6.07) is 3.94. The highest BCUT2D eigenvalue weighted by Crippen LogP contribution is 2.48. The minimum absolute atomic E-state index is 0.0285. The van der Waals surface area contributed by atoms with E-state index in [-0.39, 0.29) is 28.2 Å². The molecule has 1 aromatic carbocycles. The Morgan fingerprint density at radius 1 is 1.26 bits per heavy atom. The summed E-state index contributed by atoms with van der Waals surface area (Å²) in [5.74, 6) is -3.10. The van der Waals surface area contributed by atoms with Gasteiger partial charge in [-0.05, 0) is 30.4 Å². The van der Waals surface area contributed by atoms with Crippen molar-refractivity contribution in [3.8, 4) is 0 Å². The molecule has 2 aliphatic rings. The number of halogens is 1. The van der Waals surface area contributed by atoms with Crippen LogP contribution in [0.2, 0.25) is 5.02 Å². The first-order valence-corrected chi connectivity index (χ1v) is 7.42. The number of hydrogen-bond acceptors (Lipinski definition) is 4. The number of carbonyl (C=O) groups excluding carboxylic acids is 1. The summed E-state index contributed by atoms with van der Waals surface area (Å²) in [6.07, 6.45) is 4.37. The SMILES string of the molecule is O=C(Nc1ccc(Cl)c([N+](=O)[O-])c1)[C@@H]1[C@H](C(=O)O)[C@@H]2C=C[C@H]1C2. The molecule has 0 radical (unpaired) electrons. The molecule has 120 valence electrons. The van der Waals surface area contributed by atoms with Gasteiger partial charge < -0.3 is 10.4 Å². The first-order chi connectivity index (χ1) is 10.9. The molecule has 2 N–H and O–H groups in total. The number of rotatable bonds is 4. The van der Waals surface area contributed by atoms with E-state index in [4.69, 9.17) is 11.6 Å². The van der Waals surface area contributed by atoms with Crippen LogP contribution in [0.3, 0.4) is 0 Å². The molecule has 1 fully saturated rings. The van der Waals surface area contributed by atoms with Crippen molar-refractivity contribution in [3.05, 3.63) is 45.5 Å². The number of aliphatic carboxylic acids is 1. The lowest BCUT2D eigenvalue weighted by atomic mass is 9.82. The second kappa shape index (κ2) is 5.66. The van der Waals surface area contributed by atoms with Crippen LogP contribution in [-0.4, -0.2) is 21.9 Å². The Kier molecular flexibility index (Phi) is 3.81. The molecule has 23 heavy (non-hydrogen) atoms. The fraction of sp³-hybridized carbons (Fsp3) is 0.333. The molecule has 2 bridgehead atoms.